The van der Waals surface area contributed by atoms with E-state index in [-0.39, 0.29) is 0 Å². The number of anilines is 1. The van der Waals surface area contributed by atoms with E-state index in [4.69, 9.17) is 0 Å². The molecule has 76 valence electrons. The van der Waals surface area contributed by atoms with Crippen LogP contribution in [0.5, 0.6) is 0 Å². The van der Waals surface area contributed by atoms with Crippen LogP contribution in [0, 0.1) is 11.6 Å². The van der Waals surface area contributed by atoms with Crippen LogP contribution in [-0.2, 0) is 0 Å². The smallest absolute Gasteiger partial charge is 0.128 e. The van der Waals surface area contributed by atoms with Crippen LogP contribution in [0.1, 0.15) is 12.8 Å². The Kier molecular flexibility index (Phi) is 4.11. The van der Waals surface area contributed by atoms with Crippen molar-refractivity contribution in [2.75, 3.05) is 11.9 Å². The summed E-state index contributed by atoms with van der Waals surface area (Å²) in [6.07, 6.45) is 3.61. The summed E-state index contributed by atoms with van der Waals surface area (Å²) in [4.78, 5) is 0. The van der Waals surface area contributed by atoms with Gasteiger partial charge in [-0.15, -0.1) is 6.58 Å². The molecule has 0 aliphatic rings. The summed E-state index contributed by atoms with van der Waals surface area (Å²) in [5.74, 6) is -1.12. The second-order valence-corrected chi connectivity index (χ2v) is 3.02. The first kappa shape index (κ1) is 10.7. The van der Waals surface area contributed by atoms with Crippen LogP contribution >= 0.6 is 0 Å². The fourth-order valence-corrected chi connectivity index (χ4v) is 1.14. The summed E-state index contributed by atoms with van der Waals surface area (Å²) in [5.41, 5.74) is 0.478. The second-order valence-electron chi connectivity index (χ2n) is 3.02. The SMILES string of the molecule is C=CCCCNc1cc(F)cc(F)c1. The van der Waals surface area contributed by atoms with Crippen molar-refractivity contribution in [3.05, 3.63) is 42.5 Å². The number of unbranched alkanes of at least 4 members (excludes halogenated alkanes) is 1. The van der Waals surface area contributed by atoms with Crippen molar-refractivity contribution in [3.63, 3.8) is 0 Å². The minimum atomic E-state index is -0.559. The number of halogens is 2. The highest BCUT2D eigenvalue weighted by Crippen LogP contribution is 2.12. The molecule has 0 aliphatic carbocycles. The van der Waals surface area contributed by atoms with Crippen molar-refractivity contribution in [1.82, 2.24) is 0 Å². The molecule has 0 unspecified atom stereocenters. The molecule has 14 heavy (non-hydrogen) atoms. The summed E-state index contributed by atoms with van der Waals surface area (Å²) in [6, 6.07) is 3.41. The van der Waals surface area contributed by atoms with Crippen molar-refractivity contribution in [3.8, 4) is 0 Å². The Hall–Kier alpha value is -1.38. The highest BCUT2D eigenvalue weighted by atomic mass is 19.1. The van der Waals surface area contributed by atoms with Crippen molar-refractivity contribution in [2.45, 2.75) is 12.8 Å². The van der Waals surface area contributed by atoms with Gasteiger partial charge in [-0.1, -0.05) is 6.08 Å². The van der Waals surface area contributed by atoms with Gasteiger partial charge in [-0.05, 0) is 25.0 Å². The molecule has 3 heteroatoms. The van der Waals surface area contributed by atoms with Gasteiger partial charge in [0, 0.05) is 18.3 Å². The topological polar surface area (TPSA) is 12.0 Å². The van der Waals surface area contributed by atoms with E-state index in [1.807, 2.05) is 6.08 Å². The molecule has 0 aromatic heterocycles. The highest BCUT2D eigenvalue weighted by molar-refractivity contribution is 5.43. The summed E-state index contributed by atoms with van der Waals surface area (Å²) in [6.45, 7) is 4.28. The van der Waals surface area contributed by atoms with E-state index in [2.05, 4.69) is 11.9 Å². The van der Waals surface area contributed by atoms with Crippen LogP contribution in [0.4, 0.5) is 14.5 Å². The van der Waals surface area contributed by atoms with Crippen LogP contribution in [0.2, 0.25) is 0 Å². The molecule has 1 rings (SSSR count). The molecule has 0 atom stereocenters. The third kappa shape index (κ3) is 3.56. The summed E-state index contributed by atoms with van der Waals surface area (Å²) in [7, 11) is 0. The molecule has 1 N–H and O–H groups in total. The van der Waals surface area contributed by atoms with E-state index >= 15 is 0 Å². The van der Waals surface area contributed by atoms with E-state index < -0.39 is 11.6 Å². The quantitative estimate of drug-likeness (QED) is 0.564. The van der Waals surface area contributed by atoms with Gasteiger partial charge in [0.2, 0.25) is 0 Å². The molecule has 0 bridgehead atoms. The number of rotatable bonds is 5. The Morgan fingerprint density at radius 3 is 2.43 bits per heavy atom. The molecule has 0 aliphatic heterocycles. The van der Waals surface area contributed by atoms with Crippen molar-refractivity contribution >= 4 is 5.69 Å². The van der Waals surface area contributed by atoms with Gasteiger partial charge in [0.15, 0.2) is 0 Å². The van der Waals surface area contributed by atoms with E-state index in [0.29, 0.717) is 12.2 Å². The Balaban J connectivity index is 2.46. The van der Waals surface area contributed by atoms with Crippen LogP contribution in [0.3, 0.4) is 0 Å². The highest BCUT2D eigenvalue weighted by Gasteiger charge is 1.98. The first-order chi connectivity index (χ1) is 6.72. The molecule has 1 nitrogen and oxygen atoms in total. The Bertz CT molecular complexity index is 290. The Morgan fingerprint density at radius 2 is 1.86 bits per heavy atom. The Morgan fingerprint density at radius 1 is 1.21 bits per heavy atom. The number of hydrogen-bond acceptors (Lipinski definition) is 1. The van der Waals surface area contributed by atoms with Crippen LogP contribution < -0.4 is 5.32 Å². The van der Waals surface area contributed by atoms with Gasteiger partial charge in [-0.25, -0.2) is 8.78 Å². The fraction of sp³-hybridized carbons (Fsp3) is 0.273. The zero-order valence-corrected chi connectivity index (χ0v) is 7.89. The van der Waals surface area contributed by atoms with Crippen LogP contribution in [0.25, 0.3) is 0 Å². The number of hydrogen-bond donors (Lipinski definition) is 1. The lowest BCUT2D eigenvalue weighted by Crippen LogP contribution is -2.01. The van der Waals surface area contributed by atoms with Gasteiger partial charge in [0.25, 0.3) is 0 Å². The molecule has 0 saturated heterocycles. The van der Waals surface area contributed by atoms with Crippen molar-refractivity contribution in [2.24, 2.45) is 0 Å². The lowest BCUT2D eigenvalue weighted by Gasteiger charge is -2.05. The maximum atomic E-state index is 12.7. The molecule has 0 radical (unpaired) electrons. The van der Waals surface area contributed by atoms with Gasteiger partial charge in [-0.3, -0.25) is 0 Å². The van der Waals surface area contributed by atoms with Crippen LogP contribution in [-0.4, -0.2) is 6.54 Å². The van der Waals surface area contributed by atoms with E-state index in [9.17, 15) is 8.78 Å². The molecular weight excluding hydrogens is 184 g/mol. The van der Waals surface area contributed by atoms with Crippen LogP contribution in [0.15, 0.2) is 30.9 Å². The fourth-order valence-electron chi connectivity index (χ4n) is 1.14. The Labute approximate surface area is 82.4 Å². The first-order valence-electron chi connectivity index (χ1n) is 4.53. The molecule has 0 fully saturated rings. The number of nitrogens with one attached hydrogen (secondary N) is 1. The molecule has 0 spiro atoms. The second kappa shape index (κ2) is 5.37. The van der Waals surface area contributed by atoms with Crippen molar-refractivity contribution in [1.29, 1.82) is 0 Å². The third-order valence-corrected chi connectivity index (χ3v) is 1.78. The molecule has 0 heterocycles. The van der Waals surface area contributed by atoms with Gasteiger partial charge in [-0.2, -0.15) is 0 Å². The molecular formula is C11H13F2N. The van der Waals surface area contributed by atoms with Crippen molar-refractivity contribution < 1.29 is 8.78 Å². The van der Waals surface area contributed by atoms with Gasteiger partial charge in [0.05, 0.1) is 0 Å². The normalized spacial score (nSPS) is 9.86. The van der Waals surface area contributed by atoms with Gasteiger partial charge < -0.3 is 5.32 Å². The van der Waals surface area contributed by atoms with Gasteiger partial charge >= 0.3 is 0 Å². The number of allylic oxidation sites excluding steroid dienone is 1. The van der Waals surface area contributed by atoms with E-state index in [1.54, 1.807) is 0 Å². The average molecular weight is 197 g/mol. The summed E-state index contributed by atoms with van der Waals surface area (Å²) >= 11 is 0. The minimum absolute atomic E-state index is 0.478. The molecule has 0 amide bonds. The summed E-state index contributed by atoms with van der Waals surface area (Å²) < 4.78 is 25.4. The molecule has 1 aromatic carbocycles. The standard InChI is InChI=1S/C11H13F2N/c1-2-3-4-5-14-11-7-9(12)6-10(13)8-11/h2,6-8,14H,1,3-5H2. The molecule has 0 saturated carbocycles. The lowest BCUT2D eigenvalue weighted by atomic mass is 10.2. The first-order valence-corrected chi connectivity index (χ1v) is 4.53. The lowest BCUT2D eigenvalue weighted by molar-refractivity contribution is 0.584. The summed E-state index contributed by atoms with van der Waals surface area (Å²) in [5, 5.41) is 2.93. The van der Waals surface area contributed by atoms with E-state index in [1.165, 1.54) is 12.1 Å². The minimum Gasteiger partial charge on any atom is -0.385 e. The van der Waals surface area contributed by atoms with Gasteiger partial charge in [0.1, 0.15) is 11.6 Å². The van der Waals surface area contributed by atoms with E-state index in [0.717, 1.165) is 18.9 Å². The maximum absolute atomic E-state index is 12.7. The average Bonchev–Trinajstić information content (AvgIpc) is 2.11. The predicted octanol–water partition coefficient (Wildman–Crippen LogP) is 3.34. The number of benzene rings is 1. The largest absolute Gasteiger partial charge is 0.385 e. The third-order valence-electron chi connectivity index (χ3n) is 1.78. The predicted molar refractivity (Wildman–Crippen MR) is 54.3 cm³/mol. The molecule has 1 aromatic rings. The monoisotopic (exact) mass is 197 g/mol. The zero-order chi connectivity index (χ0) is 10.4. The zero-order valence-electron chi connectivity index (χ0n) is 7.89. The maximum Gasteiger partial charge on any atom is 0.128 e.